The Kier molecular flexibility index (Phi) is 4.36. The summed E-state index contributed by atoms with van der Waals surface area (Å²) in [6.07, 6.45) is 1.31. The molecule has 0 bridgehead atoms. The molecule has 2 N–H and O–H groups in total. The number of nitrogens with zero attached hydrogens (tertiary/aromatic N) is 2. The normalized spacial score (nSPS) is 12.5. The monoisotopic (exact) mass is 330 g/mol. The first-order valence-electron chi connectivity index (χ1n) is 7.90. The second kappa shape index (κ2) is 6.62. The van der Waals surface area contributed by atoms with Crippen molar-refractivity contribution >= 4 is 17.8 Å². The summed E-state index contributed by atoms with van der Waals surface area (Å²) in [5.74, 6) is -0.0711. The third-order valence-corrected chi connectivity index (χ3v) is 4.37. The van der Waals surface area contributed by atoms with Gasteiger partial charge < -0.3 is 15.6 Å². The van der Waals surface area contributed by atoms with Gasteiger partial charge in [0.25, 0.3) is 5.91 Å². The first-order valence-corrected chi connectivity index (χ1v) is 7.90. The van der Waals surface area contributed by atoms with Crippen LogP contribution < -0.4 is 5.32 Å². The highest BCUT2D eigenvalue weighted by atomic mass is 16.2. The molecule has 2 aromatic carbocycles. The molecule has 5 nitrogen and oxygen atoms in total. The highest BCUT2D eigenvalue weighted by molar-refractivity contribution is 6.01. The Bertz CT molecular complexity index is 924. The number of fused-ring (bicyclic) bond motifs is 1. The Hall–Kier alpha value is -3.39. The minimum Gasteiger partial charge on any atom is -0.388 e. The van der Waals surface area contributed by atoms with Gasteiger partial charge in [0.15, 0.2) is 0 Å². The third-order valence-electron chi connectivity index (χ3n) is 4.37. The van der Waals surface area contributed by atoms with Gasteiger partial charge in [0.1, 0.15) is 0 Å². The lowest BCUT2D eigenvalue weighted by atomic mass is 9.95. The Morgan fingerprint density at radius 3 is 2.84 bits per heavy atom. The molecule has 0 aliphatic carbocycles. The lowest BCUT2D eigenvalue weighted by Gasteiger charge is -2.14. The number of hydrogen-bond acceptors (Lipinski definition) is 4. The molecule has 3 rings (SSSR count). The van der Waals surface area contributed by atoms with Crippen LogP contribution in [-0.4, -0.2) is 30.6 Å². The van der Waals surface area contributed by atoms with E-state index < -0.39 is 0 Å². The zero-order valence-electron chi connectivity index (χ0n) is 14.0. The molecule has 2 aromatic rings. The van der Waals surface area contributed by atoms with Crippen LogP contribution >= 0.6 is 0 Å². The minimum atomic E-state index is -0.0711. The van der Waals surface area contributed by atoms with Gasteiger partial charge in [-0.2, -0.15) is 5.26 Å². The average molecular weight is 330 g/mol. The van der Waals surface area contributed by atoms with Crippen molar-refractivity contribution in [3.8, 4) is 17.2 Å². The van der Waals surface area contributed by atoms with Crippen molar-refractivity contribution in [2.45, 2.75) is 6.54 Å². The minimum absolute atomic E-state index is 0.0711. The van der Waals surface area contributed by atoms with Crippen molar-refractivity contribution in [1.29, 1.82) is 10.7 Å². The van der Waals surface area contributed by atoms with Crippen LogP contribution in [0.25, 0.3) is 11.1 Å². The first-order chi connectivity index (χ1) is 12.1. The van der Waals surface area contributed by atoms with Crippen LogP contribution in [0.4, 0.5) is 5.69 Å². The summed E-state index contributed by atoms with van der Waals surface area (Å²) >= 11 is 0. The van der Waals surface area contributed by atoms with Crippen molar-refractivity contribution in [2.75, 3.05) is 18.9 Å². The van der Waals surface area contributed by atoms with Crippen LogP contribution in [0.3, 0.4) is 0 Å². The van der Waals surface area contributed by atoms with E-state index in [1.54, 1.807) is 4.90 Å². The smallest absolute Gasteiger partial charge is 0.254 e. The molecule has 0 aromatic heterocycles. The van der Waals surface area contributed by atoms with Crippen molar-refractivity contribution in [2.24, 2.45) is 0 Å². The molecule has 0 saturated heterocycles. The molecular weight excluding hydrogens is 312 g/mol. The zero-order valence-corrected chi connectivity index (χ0v) is 14.0. The van der Waals surface area contributed by atoms with Gasteiger partial charge >= 0.3 is 0 Å². The number of amides is 1. The van der Waals surface area contributed by atoms with E-state index in [-0.39, 0.29) is 12.5 Å². The maximum absolute atomic E-state index is 12.6. The summed E-state index contributed by atoms with van der Waals surface area (Å²) in [4.78, 5) is 14.2. The van der Waals surface area contributed by atoms with Gasteiger partial charge in [0.2, 0.25) is 0 Å². The van der Waals surface area contributed by atoms with Crippen molar-refractivity contribution in [3.05, 3.63) is 65.2 Å². The van der Waals surface area contributed by atoms with Gasteiger partial charge in [0, 0.05) is 42.2 Å². The molecule has 0 fully saturated rings. The maximum atomic E-state index is 12.6. The maximum Gasteiger partial charge on any atom is 0.254 e. The van der Waals surface area contributed by atoms with Crippen LogP contribution in [0.1, 0.15) is 21.5 Å². The fraction of sp³-hybridized carbons (Fsp3) is 0.150. The molecule has 25 heavy (non-hydrogen) atoms. The number of nitrogens with one attached hydrogen (secondary N) is 2. The van der Waals surface area contributed by atoms with Gasteiger partial charge in [-0.15, -0.1) is 0 Å². The molecule has 0 atom stereocenters. The summed E-state index contributed by atoms with van der Waals surface area (Å²) in [6.45, 7) is 4.38. The molecule has 124 valence electrons. The molecule has 5 heteroatoms. The predicted octanol–water partition coefficient (Wildman–Crippen LogP) is 3.43. The fourth-order valence-corrected chi connectivity index (χ4v) is 3.12. The van der Waals surface area contributed by atoms with Crippen LogP contribution in [0.5, 0.6) is 0 Å². The molecule has 1 amide bonds. The third kappa shape index (κ3) is 2.90. The highest BCUT2D eigenvalue weighted by Gasteiger charge is 2.29. The van der Waals surface area contributed by atoms with E-state index >= 15 is 0 Å². The van der Waals surface area contributed by atoms with E-state index in [4.69, 9.17) is 10.7 Å². The summed E-state index contributed by atoms with van der Waals surface area (Å²) in [5.41, 5.74) is 5.65. The summed E-state index contributed by atoms with van der Waals surface area (Å²) < 4.78 is 0. The van der Waals surface area contributed by atoms with Gasteiger partial charge in [-0.05, 0) is 28.8 Å². The van der Waals surface area contributed by atoms with E-state index in [1.165, 1.54) is 6.21 Å². The molecule has 1 aliphatic heterocycles. The topological polar surface area (TPSA) is 80.0 Å². The van der Waals surface area contributed by atoms with Crippen LogP contribution in [0.2, 0.25) is 0 Å². The van der Waals surface area contributed by atoms with Gasteiger partial charge in [0.05, 0.1) is 12.6 Å². The zero-order chi connectivity index (χ0) is 18.0. The van der Waals surface area contributed by atoms with Crippen molar-refractivity contribution < 1.29 is 4.79 Å². The number of carbonyl (C=O) groups excluding carboxylic acids is 1. The number of benzene rings is 2. The predicted molar refractivity (Wildman–Crippen MR) is 98.8 cm³/mol. The summed E-state index contributed by atoms with van der Waals surface area (Å²) in [7, 11) is 1.82. The number of carbonyl (C=O) groups is 1. The SMILES string of the molecule is C=C(C#N)CN1Cc2c(cccc2-c2ccc(C=N)c(NC)c2)C1=O. The van der Waals surface area contributed by atoms with E-state index in [1.807, 2.05) is 49.5 Å². The Morgan fingerprint density at radius 1 is 1.40 bits per heavy atom. The van der Waals surface area contributed by atoms with Gasteiger partial charge in [-0.3, -0.25) is 4.79 Å². The molecule has 0 saturated carbocycles. The number of hydrogen-bond donors (Lipinski definition) is 2. The molecule has 0 unspecified atom stereocenters. The largest absolute Gasteiger partial charge is 0.388 e. The van der Waals surface area contributed by atoms with Gasteiger partial charge in [-0.25, -0.2) is 0 Å². The van der Waals surface area contributed by atoms with Crippen LogP contribution in [-0.2, 0) is 6.54 Å². The molecule has 0 spiro atoms. The summed E-state index contributed by atoms with van der Waals surface area (Å²) in [6, 6.07) is 13.5. The Balaban J connectivity index is 2.03. The highest BCUT2D eigenvalue weighted by Crippen LogP contribution is 2.34. The molecule has 1 heterocycles. The molecular formula is C20H18N4O. The fourth-order valence-electron chi connectivity index (χ4n) is 3.12. The molecule has 0 radical (unpaired) electrons. The average Bonchev–Trinajstić information content (AvgIpc) is 2.96. The van der Waals surface area contributed by atoms with Gasteiger partial charge in [-0.1, -0.05) is 30.8 Å². The first kappa shape index (κ1) is 16.5. The van der Waals surface area contributed by atoms with E-state index in [0.717, 1.165) is 27.9 Å². The number of nitriles is 1. The lowest BCUT2D eigenvalue weighted by Crippen LogP contribution is -2.25. The quantitative estimate of drug-likeness (QED) is 0.651. The van der Waals surface area contributed by atoms with E-state index in [2.05, 4.69) is 11.9 Å². The van der Waals surface area contributed by atoms with Crippen LogP contribution in [0.15, 0.2) is 48.6 Å². The second-order valence-corrected chi connectivity index (χ2v) is 5.90. The second-order valence-electron chi connectivity index (χ2n) is 5.90. The number of rotatable bonds is 5. The molecule has 1 aliphatic rings. The summed E-state index contributed by atoms with van der Waals surface area (Å²) in [5, 5.41) is 19.5. The Morgan fingerprint density at radius 2 is 2.16 bits per heavy atom. The Labute approximate surface area is 146 Å². The van der Waals surface area contributed by atoms with Crippen LogP contribution in [0, 0.1) is 16.7 Å². The van der Waals surface area contributed by atoms with E-state index in [0.29, 0.717) is 17.7 Å². The van der Waals surface area contributed by atoms with Crippen molar-refractivity contribution in [1.82, 2.24) is 4.90 Å². The van der Waals surface area contributed by atoms with Crippen molar-refractivity contribution in [3.63, 3.8) is 0 Å². The van der Waals surface area contributed by atoms with E-state index in [9.17, 15) is 4.79 Å². The standard InChI is InChI=1S/C20H18N4O/c1-13(9-21)11-24-12-18-16(4-3-5-17(18)20(24)25)14-6-7-15(10-22)19(8-14)23-2/h3-8,10,22-23H,1,11-12H2,2H3. The lowest BCUT2D eigenvalue weighted by molar-refractivity contribution is 0.0794. The number of anilines is 1.